The number of hydrogen-bond acceptors (Lipinski definition) is 6. The SMILES string of the molecule is CC(O)C(NC(=O)C(N)Cc1ccccc1)C(=O)NC(CCCN=C(N)N)C(=O)O. The number of rotatable bonds is 12. The van der Waals surface area contributed by atoms with Gasteiger partial charge in [-0.05, 0) is 31.7 Å². The number of nitrogens with one attached hydrogen (secondary N) is 2. The summed E-state index contributed by atoms with van der Waals surface area (Å²) < 4.78 is 0. The van der Waals surface area contributed by atoms with Crippen LogP contribution in [-0.4, -0.2) is 64.7 Å². The topological polar surface area (TPSA) is 206 Å². The molecule has 0 saturated heterocycles. The zero-order chi connectivity index (χ0) is 22.7. The maximum atomic E-state index is 12.5. The van der Waals surface area contributed by atoms with E-state index >= 15 is 0 Å². The third-order valence-corrected chi connectivity index (χ3v) is 4.26. The third kappa shape index (κ3) is 8.88. The molecule has 10 N–H and O–H groups in total. The largest absolute Gasteiger partial charge is 0.480 e. The summed E-state index contributed by atoms with van der Waals surface area (Å²) in [4.78, 5) is 40.0. The molecule has 11 heteroatoms. The number of carbonyl (C=O) groups is 3. The number of aliphatic hydroxyl groups excluding tert-OH is 1. The van der Waals surface area contributed by atoms with Gasteiger partial charge in [-0.25, -0.2) is 4.79 Å². The molecule has 30 heavy (non-hydrogen) atoms. The summed E-state index contributed by atoms with van der Waals surface area (Å²) >= 11 is 0. The van der Waals surface area contributed by atoms with Crippen LogP contribution < -0.4 is 27.8 Å². The summed E-state index contributed by atoms with van der Waals surface area (Å²) in [6, 6.07) is 5.53. The van der Waals surface area contributed by atoms with E-state index in [4.69, 9.17) is 17.2 Å². The number of guanidine groups is 1. The molecule has 0 bridgehead atoms. The molecule has 0 saturated carbocycles. The Kier molecular flexibility index (Phi) is 10.3. The number of nitrogens with zero attached hydrogens (tertiary/aromatic N) is 1. The van der Waals surface area contributed by atoms with E-state index in [1.807, 2.05) is 30.3 Å². The van der Waals surface area contributed by atoms with E-state index in [1.54, 1.807) is 0 Å². The predicted octanol–water partition coefficient (Wildman–Crippen LogP) is -1.95. The normalized spacial score (nSPS) is 14.6. The standard InChI is InChI=1S/C19H30N6O5/c1-11(26)15(25-16(27)13(20)10-12-6-3-2-4-7-12)17(28)24-14(18(29)30)8-5-9-23-19(21)22/h2-4,6-7,11,13-15,26H,5,8-10,20H2,1H3,(H,24,28)(H,25,27)(H,29,30)(H4,21,22,23). The Labute approximate surface area is 174 Å². The van der Waals surface area contributed by atoms with E-state index in [1.165, 1.54) is 6.92 Å². The van der Waals surface area contributed by atoms with Crippen LogP contribution in [0.25, 0.3) is 0 Å². The number of amides is 2. The quantitative estimate of drug-likeness (QED) is 0.114. The highest BCUT2D eigenvalue weighted by atomic mass is 16.4. The van der Waals surface area contributed by atoms with Crippen LogP contribution in [0.15, 0.2) is 35.3 Å². The maximum Gasteiger partial charge on any atom is 0.326 e. The minimum Gasteiger partial charge on any atom is -0.480 e. The fourth-order valence-electron chi connectivity index (χ4n) is 2.65. The molecule has 0 aliphatic rings. The van der Waals surface area contributed by atoms with Crippen molar-refractivity contribution in [1.29, 1.82) is 0 Å². The lowest BCUT2D eigenvalue weighted by molar-refractivity contribution is -0.143. The average Bonchev–Trinajstić information content (AvgIpc) is 2.68. The highest BCUT2D eigenvalue weighted by molar-refractivity contribution is 5.92. The fourth-order valence-corrected chi connectivity index (χ4v) is 2.65. The number of nitrogens with two attached hydrogens (primary N) is 3. The third-order valence-electron chi connectivity index (χ3n) is 4.26. The van der Waals surface area contributed by atoms with Crippen LogP contribution in [0.5, 0.6) is 0 Å². The number of hydrogen-bond donors (Lipinski definition) is 7. The molecular formula is C19H30N6O5. The number of carboxylic acids is 1. The minimum atomic E-state index is -1.36. The van der Waals surface area contributed by atoms with Gasteiger partial charge < -0.3 is 38.0 Å². The van der Waals surface area contributed by atoms with Gasteiger partial charge in [-0.2, -0.15) is 0 Å². The molecular weight excluding hydrogens is 392 g/mol. The first-order chi connectivity index (χ1) is 14.1. The van der Waals surface area contributed by atoms with E-state index in [-0.39, 0.29) is 25.3 Å². The van der Waals surface area contributed by atoms with E-state index in [2.05, 4.69) is 15.6 Å². The number of benzene rings is 1. The molecule has 0 aliphatic carbocycles. The Morgan fingerprint density at radius 2 is 1.73 bits per heavy atom. The Hall–Kier alpha value is -3.18. The van der Waals surface area contributed by atoms with Gasteiger partial charge in [0.05, 0.1) is 12.1 Å². The molecule has 0 aliphatic heterocycles. The summed E-state index contributed by atoms with van der Waals surface area (Å²) in [5.41, 5.74) is 17.1. The van der Waals surface area contributed by atoms with Crippen molar-refractivity contribution in [2.45, 2.75) is 50.4 Å². The Balaban J connectivity index is 2.70. The lowest BCUT2D eigenvalue weighted by Crippen LogP contribution is -2.58. The van der Waals surface area contributed by atoms with Crippen LogP contribution in [0.1, 0.15) is 25.3 Å². The summed E-state index contributed by atoms with van der Waals surface area (Å²) in [6.45, 7) is 1.51. The van der Waals surface area contributed by atoms with E-state index < -0.39 is 42.0 Å². The van der Waals surface area contributed by atoms with Crippen molar-refractivity contribution in [3.8, 4) is 0 Å². The van der Waals surface area contributed by atoms with Crippen LogP contribution in [0.4, 0.5) is 0 Å². The molecule has 166 valence electrons. The second-order valence-electron chi connectivity index (χ2n) is 6.87. The highest BCUT2D eigenvalue weighted by Gasteiger charge is 2.30. The van der Waals surface area contributed by atoms with Crippen LogP contribution in [0.2, 0.25) is 0 Å². The number of aliphatic imine (C=N–C) groups is 1. The summed E-state index contributed by atoms with van der Waals surface area (Å²) in [5, 5.41) is 23.9. The predicted molar refractivity (Wildman–Crippen MR) is 111 cm³/mol. The molecule has 0 fully saturated rings. The molecule has 2 amide bonds. The first kappa shape index (κ1) is 24.9. The van der Waals surface area contributed by atoms with Crippen LogP contribution in [-0.2, 0) is 20.8 Å². The Bertz CT molecular complexity index is 736. The van der Waals surface area contributed by atoms with E-state index in [9.17, 15) is 24.6 Å². The monoisotopic (exact) mass is 422 g/mol. The molecule has 0 heterocycles. The van der Waals surface area contributed by atoms with Crippen molar-refractivity contribution in [2.75, 3.05) is 6.54 Å². The highest BCUT2D eigenvalue weighted by Crippen LogP contribution is 2.04. The zero-order valence-corrected chi connectivity index (χ0v) is 16.8. The van der Waals surface area contributed by atoms with Crippen molar-refractivity contribution in [1.82, 2.24) is 10.6 Å². The first-order valence-corrected chi connectivity index (χ1v) is 9.48. The Morgan fingerprint density at radius 1 is 1.10 bits per heavy atom. The molecule has 0 radical (unpaired) electrons. The Morgan fingerprint density at radius 3 is 2.27 bits per heavy atom. The number of aliphatic hydroxyl groups is 1. The second-order valence-corrected chi connectivity index (χ2v) is 6.87. The van der Waals surface area contributed by atoms with E-state index in [0.29, 0.717) is 6.42 Å². The van der Waals surface area contributed by atoms with Gasteiger partial charge in [0.15, 0.2) is 5.96 Å². The minimum absolute atomic E-state index is 0.0614. The average molecular weight is 422 g/mol. The molecule has 0 aromatic heterocycles. The maximum absolute atomic E-state index is 12.5. The van der Waals surface area contributed by atoms with Crippen molar-refractivity contribution in [3.05, 3.63) is 35.9 Å². The second kappa shape index (κ2) is 12.4. The van der Waals surface area contributed by atoms with Crippen LogP contribution in [0, 0.1) is 0 Å². The lowest BCUT2D eigenvalue weighted by Gasteiger charge is -2.24. The van der Waals surface area contributed by atoms with Gasteiger partial charge in [-0.15, -0.1) is 0 Å². The molecule has 11 nitrogen and oxygen atoms in total. The van der Waals surface area contributed by atoms with Gasteiger partial charge in [0.25, 0.3) is 0 Å². The molecule has 0 spiro atoms. The van der Waals surface area contributed by atoms with Gasteiger partial charge in [0.2, 0.25) is 11.8 Å². The van der Waals surface area contributed by atoms with Crippen molar-refractivity contribution >= 4 is 23.7 Å². The first-order valence-electron chi connectivity index (χ1n) is 9.48. The van der Waals surface area contributed by atoms with Crippen molar-refractivity contribution in [3.63, 3.8) is 0 Å². The van der Waals surface area contributed by atoms with Crippen molar-refractivity contribution < 1.29 is 24.6 Å². The van der Waals surface area contributed by atoms with Gasteiger partial charge in [-0.1, -0.05) is 30.3 Å². The smallest absolute Gasteiger partial charge is 0.326 e. The summed E-state index contributed by atoms with van der Waals surface area (Å²) in [6.07, 6.45) is -0.660. The van der Waals surface area contributed by atoms with E-state index in [0.717, 1.165) is 5.56 Å². The van der Waals surface area contributed by atoms with Gasteiger partial charge in [-0.3, -0.25) is 14.6 Å². The van der Waals surface area contributed by atoms with Crippen molar-refractivity contribution in [2.24, 2.45) is 22.2 Å². The summed E-state index contributed by atoms with van der Waals surface area (Å²) in [7, 11) is 0. The molecule has 4 atom stereocenters. The molecule has 1 rings (SSSR count). The summed E-state index contributed by atoms with van der Waals surface area (Å²) in [5.74, 6) is -2.85. The van der Waals surface area contributed by atoms with Crippen LogP contribution in [0.3, 0.4) is 0 Å². The molecule has 1 aromatic rings. The number of carboxylic acid groups (broad SMARTS) is 1. The lowest BCUT2D eigenvalue weighted by atomic mass is 10.0. The molecule has 4 unspecified atom stereocenters. The number of aliphatic carboxylic acids is 1. The van der Waals surface area contributed by atoms with Gasteiger partial charge >= 0.3 is 5.97 Å². The fraction of sp³-hybridized carbons (Fsp3) is 0.474. The zero-order valence-electron chi connectivity index (χ0n) is 16.8. The van der Waals surface area contributed by atoms with Gasteiger partial charge in [0.1, 0.15) is 12.1 Å². The number of carbonyl (C=O) groups excluding carboxylic acids is 2. The molecule has 1 aromatic carbocycles. The van der Waals surface area contributed by atoms with Gasteiger partial charge in [0, 0.05) is 6.54 Å². The van der Waals surface area contributed by atoms with Crippen LogP contribution >= 0.6 is 0 Å².